The molecule has 0 radical (unpaired) electrons. The van der Waals surface area contributed by atoms with Gasteiger partial charge in [0, 0.05) is 11.6 Å². The van der Waals surface area contributed by atoms with E-state index in [0.29, 0.717) is 5.02 Å². The van der Waals surface area contributed by atoms with Gasteiger partial charge in [0.1, 0.15) is 0 Å². The molecule has 0 fully saturated rings. The highest BCUT2D eigenvalue weighted by Gasteiger charge is 2.23. The maximum Gasteiger partial charge on any atom is 0.440 e. The average molecular weight is 222 g/mol. The van der Waals surface area contributed by atoms with Gasteiger partial charge in [-0.25, -0.2) is 4.79 Å². The van der Waals surface area contributed by atoms with Crippen LogP contribution in [0.5, 0.6) is 0 Å². The van der Waals surface area contributed by atoms with Gasteiger partial charge in [-0.2, -0.15) is 4.42 Å². The van der Waals surface area contributed by atoms with Gasteiger partial charge >= 0.3 is 16.9 Å². The molecule has 0 saturated carbocycles. The summed E-state index contributed by atoms with van der Waals surface area (Å²) in [7, 11) is 0. The number of ether oxygens (including phenoxy) is 1. The van der Waals surface area contributed by atoms with Crippen molar-refractivity contribution in [2.45, 2.75) is 6.92 Å². The van der Waals surface area contributed by atoms with Crippen LogP contribution in [0, 0.1) is 0 Å². The van der Waals surface area contributed by atoms with Crippen LogP contribution in [0.15, 0.2) is 16.5 Å². The van der Waals surface area contributed by atoms with Gasteiger partial charge in [0.2, 0.25) is 0 Å². The fraction of sp³-hybridized carbons (Fsp3) is 0.250. The monoisotopic (exact) mass is 221 g/mol. The summed E-state index contributed by atoms with van der Waals surface area (Å²) in [5.74, 6) is -0.578. The van der Waals surface area contributed by atoms with Gasteiger partial charge in [-0.05, 0) is 6.92 Å². The van der Waals surface area contributed by atoms with Crippen molar-refractivity contribution in [3.8, 4) is 0 Å². The van der Waals surface area contributed by atoms with Crippen molar-refractivity contribution >= 4 is 29.2 Å². The third-order valence-corrected chi connectivity index (χ3v) is 1.61. The summed E-state index contributed by atoms with van der Waals surface area (Å²) in [5.41, 5.74) is 0. The van der Waals surface area contributed by atoms with Gasteiger partial charge in [-0.3, -0.25) is 0 Å². The number of carbonyl (C=O) groups excluding carboxylic acids is 1. The molecular formula is C8H7Cl2O3+. The molecule has 1 aromatic rings. The second kappa shape index (κ2) is 4.44. The first-order valence-electron chi connectivity index (χ1n) is 3.59. The van der Waals surface area contributed by atoms with E-state index < -0.39 is 5.97 Å². The molecule has 0 aliphatic carbocycles. The molecule has 1 rings (SSSR count). The number of carbonyl (C=O) groups is 1. The molecular weight excluding hydrogens is 215 g/mol. The fourth-order valence-corrected chi connectivity index (χ4v) is 1.20. The molecule has 1 heterocycles. The number of esters is 1. The Hall–Kier alpha value is -0.800. The largest absolute Gasteiger partial charge is 0.456 e. The quantitative estimate of drug-likeness (QED) is 0.570. The minimum atomic E-state index is -0.577. The number of hydrogen-bond acceptors (Lipinski definition) is 2. The van der Waals surface area contributed by atoms with E-state index in [1.54, 1.807) is 6.92 Å². The third-order valence-electron chi connectivity index (χ3n) is 1.20. The molecule has 0 spiro atoms. The maximum absolute atomic E-state index is 11.1. The second-order valence-electron chi connectivity index (χ2n) is 2.16. The van der Waals surface area contributed by atoms with Crippen molar-refractivity contribution < 1.29 is 13.9 Å². The summed E-state index contributed by atoms with van der Waals surface area (Å²) in [6.45, 7) is 1.97. The number of halogens is 2. The lowest BCUT2D eigenvalue weighted by Crippen LogP contribution is -2.04. The molecule has 0 amide bonds. The minimum absolute atomic E-state index is 0.000602. The second-order valence-corrected chi connectivity index (χ2v) is 2.97. The van der Waals surface area contributed by atoms with Gasteiger partial charge in [0.15, 0.2) is 0 Å². The topological polar surface area (TPSA) is 37.6 Å². The first-order valence-corrected chi connectivity index (χ1v) is 4.35. The van der Waals surface area contributed by atoms with E-state index >= 15 is 0 Å². The van der Waals surface area contributed by atoms with Crippen LogP contribution in [0.4, 0.5) is 0 Å². The van der Waals surface area contributed by atoms with Crippen LogP contribution in [-0.2, 0) is 4.74 Å². The Morgan fingerprint density at radius 2 is 2.23 bits per heavy atom. The predicted octanol–water partition coefficient (Wildman–Crippen LogP) is 3.04. The summed E-state index contributed by atoms with van der Waals surface area (Å²) in [6, 6.07) is 2.75. The molecule has 3 nitrogen and oxygen atoms in total. The molecule has 0 aliphatic heterocycles. The highest BCUT2D eigenvalue weighted by Crippen LogP contribution is 2.19. The van der Waals surface area contributed by atoms with Crippen molar-refractivity contribution in [3.05, 3.63) is 28.1 Å². The van der Waals surface area contributed by atoms with Crippen LogP contribution >= 0.6 is 23.2 Å². The van der Waals surface area contributed by atoms with Crippen molar-refractivity contribution in [3.63, 3.8) is 0 Å². The Kier molecular flexibility index (Phi) is 3.51. The van der Waals surface area contributed by atoms with E-state index in [9.17, 15) is 4.79 Å². The molecule has 1 aromatic heterocycles. The lowest BCUT2D eigenvalue weighted by molar-refractivity contribution is 0.0487. The zero-order valence-corrected chi connectivity index (χ0v) is 8.35. The van der Waals surface area contributed by atoms with Crippen LogP contribution in [0.2, 0.25) is 10.2 Å². The van der Waals surface area contributed by atoms with Crippen molar-refractivity contribution in [1.82, 2.24) is 0 Å². The zero-order valence-electron chi connectivity index (χ0n) is 6.84. The first-order chi connectivity index (χ1) is 6.13. The van der Waals surface area contributed by atoms with E-state index in [1.165, 1.54) is 12.1 Å². The first kappa shape index (κ1) is 10.3. The van der Waals surface area contributed by atoms with E-state index in [-0.39, 0.29) is 17.6 Å². The highest BCUT2D eigenvalue weighted by atomic mass is 35.5. The van der Waals surface area contributed by atoms with Gasteiger partial charge in [-0.15, -0.1) is 0 Å². The smallest absolute Gasteiger partial charge is 0.440 e. The van der Waals surface area contributed by atoms with Gasteiger partial charge in [0.05, 0.1) is 23.8 Å². The van der Waals surface area contributed by atoms with Crippen LogP contribution in [0.25, 0.3) is 0 Å². The standard InChI is InChI=1S/C8H7Cl2O3/c1-2-12-8(11)6-3-5(9)4-7(10)13-6/h3-4H,2H2,1H3/q+1. The number of hydrogen-bond donors (Lipinski definition) is 0. The van der Waals surface area contributed by atoms with Crippen molar-refractivity contribution in [2.24, 2.45) is 0 Å². The van der Waals surface area contributed by atoms with Crippen LogP contribution in [0.1, 0.15) is 17.5 Å². The Balaban J connectivity index is 2.94. The molecule has 70 valence electrons. The number of rotatable bonds is 2. The third kappa shape index (κ3) is 2.86. The molecule has 13 heavy (non-hydrogen) atoms. The maximum atomic E-state index is 11.1. The summed E-state index contributed by atoms with van der Waals surface area (Å²) in [5, 5.41) is 0.384. The normalized spacial score (nSPS) is 9.77. The molecule has 0 atom stereocenters. The molecule has 5 heteroatoms. The van der Waals surface area contributed by atoms with E-state index in [2.05, 4.69) is 4.74 Å². The molecule has 0 N–H and O–H groups in total. The van der Waals surface area contributed by atoms with Crippen LogP contribution < -0.4 is 0 Å². The fourth-order valence-electron chi connectivity index (χ4n) is 0.742. The Morgan fingerprint density at radius 1 is 1.54 bits per heavy atom. The molecule has 0 bridgehead atoms. The van der Waals surface area contributed by atoms with Crippen LogP contribution in [-0.4, -0.2) is 12.6 Å². The van der Waals surface area contributed by atoms with Crippen molar-refractivity contribution in [1.29, 1.82) is 0 Å². The zero-order chi connectivity index (χ0) is 9.84. The summed E-state index contributed by atoms with van der Waals surface area (Å²) in [6.07, 6.45) is 0. The molecule has 0 unspecified atom stereocenters. The Bertz CT molecular complexity index is 305. The van der Waals surface area contributed by atoms with Crippen molar-refractivity contribution in [2.75, 3.05) is 6.61 Å². The molecule has 0 aromatic carbocycles. The van der Waals surface area contributed by atoms with E-state index in [0.717, 1.165) is 0 Å². The Labute approximate surface area is 85.2 Å². The van der Waals surface area contributed by atoms with E-state index in [1.807, 2.05) is 0 Å². The molecule has 0 saturated heterocycles. The lowest BCUT2D eigenvalue weighted by Gasteiger charge is -1.93. The minimum Gasteiger partial charge on any atom is -0.456 e. The van der Waals surface area contributed by atoms with Gasteiger partial charge in [-0.1, -0.05) is 11.6 Å². The SMILES string of the molecule is CCOC(=O)c1cc(Cl)cc(Cl)[o+]1. The summed E-state index contributed by atoms with van der Waals surface area (Å²) in [4.78, 5) is 11.1. The van der Waals surface area contributed by atoms with Crippen LogP contribution in [0.3, 0.4) is 0 Å². The lowest BCUT2D eigenvalue weighted by atomic mass is 10.4. The average Bonchev–Trinajstić information content (AvgIpc) is 2.03. The van der Waals surface area contributed by atoms with Gasteiger partial charge < -0.3 is 4.74 Å². The predicted molar refractivity (Wildman–Crippen MR) is 49.1 cm³/mol. The highest BCUT2D eigenvalue weighted by molar-refractivity contribution is 6.33. The molecule has 0 aliphatic rings. The Morgan fingerprint density at radius 3 is 2.77 bits per heavy atom. The summed E-state index contributed by atoms with van der Waals surface area (Å²) < 4.78 is 9.57. The summed E-state index contributed by atoms with van der Waals surface area (Å²) >= 11 is 11.2. The van der Waals surface area contributed by atoms with Gasteiger partial charge in [0.25, 0.3) is 0 Å². The van der Waals surface area contributed by atoms with E-state index in [4.69, 9.17) is 27.6 Å².